The summed E-state index contributed by atoms with van der Waals surface area (Å²) < 4.78 is 0.653. The lowest BCUT2D eigenvalue weighted by molar-refractivity contribution is -0.385. The molecule has 94 valence electrons. The minimum absolute atomic E-state index is 0.0950. The monoisotopic (exact) mass is 302 g/mol. The van der Waals surface area contributed by atoms with Gasteiger partial charge in [-0.15, -0.1) is 0 Å². The van der Waals surface area contributed by atoms with E-state index in [-0.39, 0.29) is 18.2 Å². The highest BCUT2D eigenvalue weighted by molar-refractivity contribution is 9.10. The lowest BCUT2D eigenvalue weighted by atomic mass is 10.1. The fourth-order valence-electron chi connectivity index (χ4n) is 1.35. The van der Waals surface area contributed by atoms with Crippen LogP contribution in [-0.4, -0.2) is 23.2 Å². The van der Waals surface area contributed by atoms with Crippen molar-refractivity contribution in [3.8, 4) is 0 Å². The predicted molar refractivity (Wildman–Crippen MR) is 70.3 cm³/mol. The van der Waals surface area contributed by atoms with E-state index in [0.29, 0.717) is 16.6 Å². The Morgan fingerprint density at radius 3 is 2.76 bits per heavy atom. The van der Waals surface area contributed by atoms with E-state index < -0.39 is 4.92 Å². The molecular formula is C11H15BrN2O3. The Morgan fingerprint density at radius 1 is 1.59 bits per heavy atom. The van der Waals surface area contributed by atoms with Crippen molar-refractivity contribution >= 4 is 27.3 Å². The maximum Gasteiger partial charge on any atom is 0.273 e. The first kappa shape index (κ1) is 13.9. The number of nitrogens with zero attached hydrogens (tertiary/aromatic N) is 1. The predicted octanol–water partition coefficient (Wildman–Crippen LogP) is 2.71. The van der Waals surface area contributed by atoms with Crippen molar-refractivity contribution in [1.82, 2.24) is 0 Å². The molecule has 0 fully saturated rings. The molecule has 0 aliphatic carbocycles. The Hall–Kier alpha value is -1.14. The van der Waals surface area contributed by atoms with E-state index in [4.69, 9.17) is 5.11 Å². The topological polar surface area (TPSA) is 75.4 Å². The number of rotatable bonds is 5. The molecule has 0 aliphatic heterocycles. The first-order chi connectivity index (χ1) is 7.95. The Balaban J connectivity index is 2.88. The molecule has 0 bridgehead atoms. The first-order valence-electron chi connectivity index (χ1n) is 5.25. The van der Waals surface area contributed by atoms with Gasteiger partial charge in [-0.3, -0.25) is 10.1 Å². The van der Waals surface area contributed by atoms with Crippen molar-refractivity contribution in [2.24, 2.45) is 5.92 Å². The summed E-state index contributed by atoms with van der Waals surface area (Å²) in [4.78, 5) is 10.3. The Kier molecular flexibility index (Phi) is 4.89. The normalized spacial score (nSPS) is 12.2. The van der Waals surface area contributed by atoms with Crippen molar-refractivity contribution in [3.05, 3.63) is 32.3 Å². The average Bonchev–Trinajstić information content (AvgIpc) is 2.28. The highest BCUT2D eigenvalue weighted by atomic mass is 79.9. The minimum Gasteiger partial charge on any atom is -0.396 e. The van der Waals surface area contributed by atoms with Gasteiger partial charge in [-0.25, -0.2) is 0 Å². The van der Waals surface area contributed by atoms with Gasteiger partial charge in [0.25, 0.3) is 5.69 Å². The van der Waals surface area contributed by atoms with Gasteiger partial charge < -0.3 is 10.4 Å². The van der Waals surface area contributed by atoms with Gasteiger partial charge in [0.1, 0.15) is 0 Å². The summed E-state index contributed by atoms with van der Waals surface area (Å²) in [6.07, 6.45) is 0. The third kappa shape index (κ3) is 3.67. The van der Waals surface area contributed by atoms with Gasteiger partial charge in [0.2, 0.25) is 0 Å². The zero-order valence-electron chi connectivity index (χ0n) is 9.74. The van der Waals surface area contributed by atoms with E-state index in [1.807, 2.05) is 6.92 Å². The smallest absolute Gasteiger partial charge is 0.273 e. The van der Waals surface area contributed by atoms with Crippen LogP contribution in [-0.2, 0) is 0 Å². The first-order valence-corrected chi connectivity index (χ1v) is 6.04. The summed E-state index contributed by atoms with van der Waals surface area (Å²) in [5.74, 6) is 0.136. The number of nitro benzene ring substituents is 1. The molecule has 0 saturated heterocycles. The minimum atomic E-state index is -0.403. The van der Waals surface area contributed by atoms with Gasteiger partial charge in [0.15, 0.2) is 0 Å². The average molecular weight is 303 g/mol. The summed E-state index contributed by atoms with van der Waals surface area (Å²) in [5, 5.41) is 22.8. The van der Waals surface area contributed by atoms with Crippen LogP contribution in [0.1, 0.15) is 12.5 Å². The lowest BCUT2D eigenvalue weighted by Crippen LogP contribution is -2.14. The molecular weight excluding hydrogens is 288 g/mol. The quantitative estimate of drug-likeness (QED) is 0.648. The number of aliphatic hydroxyl groups excluding tert-OH is 1. The molecule has 1 rings (SSSR count). The molecule has 0 heterocycles. The van der Waals surface area contributed by atoms with Gasteiger partial charge in [-0.1, -0.05) is 6.92 Å². The number of nitrogens with one attached hydrogen (secondary N) is 1. The largest absolute Gasteiger partial charge is 0.396 e. The van der Waals surface area contributed by atoms with Crippen LogP contribution in [0.25, 0.3) is 0 Å². The number of nitro groups is 1. The highest BCUT2D eigenvalue weighted by Gasteiger charge is 2.14. The molecule has 0 aromatic heterocycles. The van der Waals surface area contributed by atoms with Gasteiger partial charge in [-0.2, -0.15) is 0 Å². The molecule has 0 amide bonds. The van der Waals surface area contributed by atoms with Crippen LogP contribution >= 0.6 is 15.9 Å². The molecule has 1 aromatic carbocycles. The SMILES string of the molecule is Cc1cc(NCC(C)CO)c(Br)cc1[N+](=O)[O-]. The Morgan fingerprint density at radius 2 is 2.24 bits per heavy atom. The molecule has 1 aromatic rings. The molecule has 6 heteroatoms. The third-order valence-corrected chi connectivity index (χ3v) is 3.09. The van der Waals surface area contributed by atoms with Crippen LogP contribution in [0.15, 0.2) is 16.6 Å². The maximum atomic E-state index is 10.7. The van der Waals surface area contributed by atoms with Crippen LogP contribution in [0, 0.1) is 23.0 Å². The fraction of sp³-hybridized carbons (Fsp3) is 0.455. The van der Waals surface area contributed by atoms with Crippen molar-refractivity contribution in [3.63, 3.8) is 0 Å². The Bertz CT molecular complexity index is 423. The van der Waals surface area contributed by atoms with Gasteiger partial charge in [0, 0.05) is 34.9 Å². The molecule has 0 saturated carbocycles. The van der Waals surface area contributed by atoms with Crippen molar-refractivity contribution in [1.29, 1.82) is 0 Å². The number of hydrogen-bond acceptors (Lipinski definition) is 4. The number of aryl methyl sites for hydroxylation is 1. The van der Waals surface area contributed by atoms with E-state index in [1.54, 1.807) is 13.0 Å². The maximum absolute atomic E-state index is 10.7. The summed E-state index contributed by atoms with van der Waals surface area (Å²) >= 11 is 3.29. The third-order valence-electron chi connectivity index (χ3n) is 2.43. The zero-order chi connectivity index (χ0) is 13.0. The van der Waals surface area contributed by atoms with E-state index >= 15 is 0 Å². The van der Waals surface area contributed by atoms with E-state index in [1.165, 1.54) is 6.07 Å². The molecule has 0 aliphatic rings. The number of anilines is 1. The molecule has 1 atom stereocenters. The number of benzene rings is 1. The van der Waals surface area contributed by atoms with Crippen LogP contribution in [0.4, 0.5) is 11.4 Å². The number of aliphatic hydroxyl groups is 1. The lowest BCUT2D eigenvalue weighted by Gasteiger charge is -2.13. The summed E-state index contributed by atoms with van der Waals surface area (Å²) in [6, 6.07) is 3.22. The van der Waals surface area contributed by atoms with Crippen molar-refractivity contribution in [2.45, 2.75) is 13.8 Å². The second-order valence-electron chi connectivity index (χ2n) is 4.04. The van der Waals surface area contributed by atoms with Crippen LogP contribution in [0.5, 0.6) is 0 Å². The summed E-state index contributed by atoms with van der Waals surface area (Å²) in [7, 11) is 0. The van der Waals surface area contributed by atoms with Gasteiger partial charge in [0.05, 0.1) is 4.92 Å². The van der Waals surface area contributed by atoms with Crippen LogP contribution < -0.4 is 5.32 Å². The number of halogens is 1. The van der Waals surface area contributed by atoms with Crippen molar-refractivity contribution in [2.75, 3.05) is 18.5 Å². The molecule has 2 N–H and O–H groups in total. The summed E-state index contributed by atoms with van der Waals surface area (Å²) in [6.45, 7) is 4.34. The molecule has 1 unspecified atom stereocenters. The van der Waals surface area contributed by atoms with Gasteiger partial charge >= 0.3 is 0 Å². The second-order valence-corrected chi connectivity index (χ2v) is 4.90. The fourth-order valence-corrected chi connectivity index (χ4v) is 1.82. The molecule has 0 radical (unpaired) electrons. The van der Waals surface area contributed by atoms with E-state index in [0.717, 1.165) is 5.69 Å². The summed E-state index contributed by atoms with van der Waals surface area (Å²) in [5.41, 5.74) is 1.50. The Labute approximate surface area is 108 Å². The zero-order valence-corrected chi connectivity index (χ0v) is 11.3. The number of hydrogen-bond donors (Lipinski definition) is 2. The van der Waals surface area contributed by atoms with Crippen molar-refractivity contribution < 1.29 is 10.0 Å². The van der Waals surface area contributed by atoms with E-state index in [2.05, 4.69) is 21.2 Å². The van der Waals surface area contributed by atoms with Gasteiger partial charge in [-0.05, 0) is 34.8 Å². The molecule has 5 nitrogen and oxygen atoms in total. The second kappa shape index (κ2) is 5.97. The molecule has 17 heavy (non-hydrogen) atoms. The van der Waals surface area contributed by atoms with Crippen LogP contribution in [0.2, 0.25) is 0 Å². The highest BCUT2D eigenvalue weighted by Crippen LogP contribution is 2.30. The van der Waals surface area contributed by atoms with E-state index in [9.17, 15) is 10.1 Å². The standard InChI is InChI=1S/C11H15BrN2O3/c1-7(6-15)5-13-10-3-8(2)11(14(16)17)4-9(10)12/h3-4,7,13,15H,5-6H2,1-2H3. The van der Waals surface area contributed by atoms with Crippen LogP contribution in [0.3, 0.4) is 0 Å². The molecule has 0 spiro atoms.